The predicted octanol–water partition coefficient (Wildman–Crippen LogP) is 10.4. The minimum Gasteiger partial charge on any atom is -0.494 e. The van der Waals surface area contributed by atoms with Crippen molar-refractivity contribution in [3.05, 3.63) is 107 Å². The van der Waals surface area contributed by atoms with Crippen molar-refractivity contribution in [2.24, 2.45) is 11.1 Å². The molecule has 0 radical (unpaired) electrons. The molecular formula is C33H49FN2O3. The number of rotatable bonds is 8. The van der Waals surface area contributed by atoms with Gasteiger partial charge in [0.15, 0.2) is 5.88 Å². The van der Waals surface area contributed by atoms with Crippen molar-refractivity contribution < 1.29 is 14.3 Å². The fourth-order valence-corrected chi connectivity index (χ4v) is 2.72. The number of carbonyl (C=O) groups excluding carboxylic acids is 1. The number of halogens is 1. The van der Waals surface area contributed by atoms with Crippen LogP contribution in [0, 0.1) is 23.6 Å². The zero-order valence-electron chi connectivity index (χ0n) is 25.4. The van der Waals surface area contributed by atoms with Gasteiger partial charge < -0.3 is 14.8 Å². The zero-order chi connectivity index (χ0) is 30.8. The van der Waals surface area contributed by atoms with Crippen molar-refractivity contribution in [3.63, 3.8) is 0 Å². The van der Waals surface area contributed by atoms with Crippen molar-refractivity contribution in [1.29, 1.82) is 0 Å². The van der Waals surface area contributed by atoms with Crippen molar-refractivity contribution >= 4 is 23.6 Å². The summed E-state index contributed by atoms with van der Waals surface area (Å²) >= 11 is 0. The van der Waals surface area contributed by atoms with Crippen molar-refractivity contribution in [2.45, 2.75) is 68.2 Å². The Hall–Kier alpha value is -3.80. The average Bonchev–Trinajstić information content (AvgIpc) is 2.91. The first-order chi connectivity index (χ1) is 18.5. The van der Waals surface area contributed by atoms with E-state index in [1.54, 1.807) is 43.5 Å². The zero-order valence-corrected chi connectivity index (χ0v) is 25.4. The molecule has 216 valence electrons. The Labute approximate surface area is 236 Å². The van der Waals surface area contributed by atoms with E-state index < -0.39 is 0 Å². The molecule has 39 heavy (non-hydrogen) atoms. The Balaban J connectivity index is -0.000000525. The molecule has 0 saturated heterocycles. The highest BCUT2D eigenvalue weighted by Gasteiger charge is 2.07. The number of nitroso groups, excluding NO2 is 1. The van der Waals surface area contributed by atoms with Crippen LogP contribution in [0.15, 0.2) is 85.0 Å². The number of aldehydes is 1. The fourth-order valence-electron chi connectivity index (χ4n) is 2.72. The largest absolute Gasteiger partial charge is 0.494 e. The second kappa shape index (κ2) is 25.8. The molecule has 2 aromatic carbocycles. The van der Waals surface area contributed by atoms with Gasteiger partial charge in [0.25, 0.3) is 0 Å². The third-order valence-corrected chi connectivity index (χ3v) is 4.29. The van der Waals surface area contributed by atoms with Crippen LogP contribution in [0.4, 0.5) is 10.1 Å². The molecule has 5 nitrogen and oxygen atoms in total. The van der Waals surface area contributed by atoms with E-state index in [2.05, 4.69) is 32.2 Å². The van der Waals surface area contributed by atoms with Gasteiger partial charge in [-0.25, -0.2) is 4.39 Å². The van der Waals surface area contributed by atoms with Crippen LogP contribution in [-0.4, -0.2) is 23.3 Å². The van der Waals surface area contributed by atoms with Crippen LogP contribution in [0.5, 0.6) is 0 Å². The van der Waals surface area contributed by atoms with E-state index in [-0.39, 0.29) is 11.7 Å². The lowest BCUT2D eigenvalue weighted by Gasteiger charge is -2.11. The van der Waals surface area contributed by atoms with Gasteiger partial charge in [0.1, 0.15) is 17.8 Å². The van der Waals surface area contributed by atoms with Gasteiger partial charge in [-0.15, -0.1) is 11.5 Å². The van der Waals surface area contributed by atoms with Gasteiger partial charge in [-0.05, 0) is 77.7 Å². The summed E-state index contributed by atoms with van der Waals surface area (Å²) < 4.78 is 13.2. The van der Waals surface area contributed by atoms with Gasteiger partial charge in [0.05, 0.1) is 0 Å². The summed E-state index contributed by atoms with van der Waals surface area (Å²) in [5.74, 6) is 0.131. The molecule has 0 unspecified atom stereocenters. The molecule has 0 fully saturated rings. The van der Waals surface area contributed by atoms with E-state index in [0.29, 0.717) is 23.6 Å². The maximum Gasteiger partial charge on any atom is 0.191 e. The highest BCUT2D eigenvalue weighted by atomic mass is 19.1. The van der Waals surface area contributed by atoms with E-state index in [1.165, 1.54) is 35.7 Å². The van der Waals surface area contributed by atoms with E-state index in [9.17, 15) is 19.2 Å². The number of aryl methyl sites for hydroxylation is 1. The van der Waals surface area contributed by atoms with Gasteiger partial charge in [-0.1, -0.05) is 84.9 Å². The number of hydrogen-bond donors (Lipinski definition) is 1. The minimum atomic E-state index is -0.263. The molecule has 0 aliphatic heterocycles. The molecule has 1 N–H and O–H groups in total. The normalized spacial score (nSPS) is 10.0. The van der Waals surface area contributed by atoms with E-state index in [0.717, 1.165) is 23.0 Å². The van der Waals surface area contributed by atoms with Gasteiger partial charge in [-0.3, -0.25) is 0 Å². The Morgan fingerprint density at radius 1 is 1.13 bits per heavy atom. The quantitative estimate of drug-likeness (QED) is 0.156. The summed E-state index contributed by atoms with van der Waals surface area (Å²) in [6.07, 6.45) is 9.21. The van der Waals surface area contributed by atoms with Gasteiger partial charge >= 0.3 is 0 Å². The molecule has 2 aromatic rings. The lowest BCUT2D eigenvalue weighted by Crippen LogP contribution is -2.08. The molecule has 0 atom stereocenters. The van der Waals surface area contributed by atoms with Crippen molar-refractivity contribution in [2.75, 3.05) is 7.05 Å². The standard InChI is InChI=1S/C14H17FO.C11H12N2O2.C3H8.C3H6.C2H6/c1-10(2)8-12(6-7-16)14-9-13(15)5-4-11(14)3;1-3-13(2)11(14)8-9-5-4-6-10(7-9)12-15;2*1-3-2;1-2/h4-5,7-10H,6H2,1-3H3;3-8,14H,1H2,2H3;3H2,1-2H3;3H,1H2,2H3;1-2H3/b12-8-;11-8+;;;. The van der Waals surface area contributed by atoms with Crippen LogP contribution in [0.1, 0.15) is 78.0 Å². The average molecular weight is 541 g/mol. The van der Waals surface area contributed by atoms with Crippen LogP contribution < -0.4 is 0 Å². The van der Waals surface area contributed by atoms with Crippen molar-refractivity contribution in [1.82, 2.24) is 4.90 Å². The number of benzene rings is 2. The molecule has 0 spiro atoms. The second-order valence-corrected chi connectivity index (χ2v) is 8.36. The van der Waals surface area contributed by atoms with E-state index in [1.807, 2.05) is 47.6 Å². The molecule has 0 amide bonds. The van der Waals surface area contributed by atoms with E-state index in [4.69, 9.17) is 0 Å². The maximum atomic E-state index is 13.2. The molecule has 0 aromatic heterocycles. The molecule has 0 saturated carbocycles. The second-order valence-electron chi connectivity index (χ2n) is 8.36. The molecule has 0 aliphatic rings. The topological polar surface area (TPSA) is 70.0 Å². The van der Waals surface area contributed by atoms with Crippen molar-refractivity contribution in [3.8, 4) is 0 Å². The number of hydrogen-bond acceptors (Lipinski definition) is 5. The number of aliphatic hydroxyl groups is 1. The lowest BCUT2D eigenvalue weighted by atomic mass is 9.95. The SMILES string of the molecule is C=CC.C=CN(C)/C(O)=C\c1cccc(N=O)c1.CC.CCC.Cc1ccc(F)cc1/C(=C\C(C)C)CC=O. The van der Waals surface area contributed by atoms with Crippen LogP contribution in [0.2, 0.25) is 0 Å². The number of carbonyl (C=O) groups is 1. The van der Waals surface area contributed by atoms with Gasteiger partial charge in [0.2, 0.25) is 0 Å². The molecule has 2 rings (SSSR count). The van der Waals surface area contributed by atoms with Crippen LogP contribution in [-0.2, 0) is 4.79 Å². The first kappa shape index (κ1) is 39.7. The summed E-state index contributed by atoms with van der Waals surface area (Å²) in [4.78, 5) is 22.4. The Kier molecular flexibility index (Phi) is 26.3. The molecular weight excluding hydrogens is 491 g/mol. The maximum absolute atomic E-state index is 13.2. The summed E-state index contributed by atoms with van der Waals surface area (Å²) in [5, 5.41) is 12.4. The summed E-state index contributed by atoms with van der Waals surface area (Å²) in [5.41, 5.74) is 3.77. The molecule has 6 heteroatoms. The monoisotopic (exact) mass is 540 g/mol. The number of allylic oxidation sites excluding steroid dienone is 3. The highest BCUT2D eigenvalue weighted by Crippen LogP contribution is 2.24. The Morgan fingerprint density at radius 2 is 1.69 bits per heavy atom. The molecule has 0 bridgehead atoms. The predicted molar refractivity (Wildman–Crippen MR) is 168 cm³/mol. The lowest BCUT2D eigenvalue weighted by molar-refractivity contribution is -0.107. The van der Waals surface area contributed by atoms with Crippen LogP contribution in [0.25, 0.3) is 11.6 Å². The van der Waals surface area contributed by atoms with Crippen LogP contribution in [0.3, 0.4) is 0 Å². The smallest absolute Gasteiger partial charge is 0.191 e. The number of nitrogens with zero attached hydrogens (tertiary/aromatic N) is 2. The Bertz CT molecular complexity index is 1030. The van der Waals surface area contributed by atoms with E-state index >= 15 is 0 Å². The van der Waals surface area contributed by atoms with Gasteiger partial charge in [0, 0.05) is 19.5 Å². The third-order valence-electron chi connectivity index (χ3n) is 4.29. The number of aliphatic hydroxyl groups excluding tert-OH is 1. The minimum absolute atomic E-state index is 0.0491. The first-order valence-corrected chi connectivity index (χ1v) is 13.2. The Morgan fingerprint density at radius 3 is 2.15 bits per heavy atom. The molecule has 0 aliphatic carbocycles. The summed E-state index contributed by atoms with van der Waals surface area (Å²) in [6, 6.07) is 11.3. The fraction of sp³-hybridized carbons (Fsp3) is 0.364. The highest BCUT2D eigenvalue weighted by molar-refractivity contribution is 5.78. The first-order valence-electron chi connectivity index (χ1n) is 13.2. The molecule has 0 heterocycles. The van der Waals surface area contributed by atoms with Crippen LogP contribution >= 0.6 is 0 Å². The third kappa shape index (κ3) is 19.9. The van der Waals surface area contributed by atoms with Gasteiger partial charge in [-0.2, -0.15) is 0 Å². The summed E-state index contributed by atoms with van der Waals surface area (Å²) in [6.45, 7) is 23.0. The summed E-state index contributed by atoms with van der Waals surface area (Å²) in [7, 11) is 1.67.